The quantitative estimate of drug-likeness (QED) is 0.334. The van der Waals surface area contributed by atoms with Gasteiger partial charge in [-0.2, -0.15) is 0 Å². The molecule has 2 heterocycles. The van der Waals surface area contributed by atoms with Crippen LogP contribution in [0, 0.1) is 12.7 Å². The molecule has 0 unspecified atom stereocenters. The van der Waals surface area contributed by atoms with Crippen LogP contribution in [0.25, 0.3) is 17.0 Å². The molecular weight excluding hydrogens is 457 g/mol. The Bertz CT molecular complexity index is 1460. The number of halogens is 2. The lowest BCUT2D eigenvalue weighted by Gasteiger charge is -2.06. The lowest BCUT2D eigenvalue weighted by molar-refractivity contribution is -0.115. The Hall–Kier alpha value is -3.35. The summed E-state index contributed by atoms with van der Waals surface area (Å²) in [5.41, 5.74) is 4.46. The van der Waals surface area contributed by atoms with Crippen molar-refractivity contribution in [2.45, 2.75) is 13.5 Å². The van der Waals surface area contributed by atoms with Gasteiger partial charge in [-0.3, -0.25) is 4.79 Å². The van der Waals surface area contributed by atoms with E-state index in [1.807, 2.05) is 67.7 Å². The van der Waals surface area contributed by atoms with E-state index in [0.717, 1.165) is 33.3 Å². The van der Waals surface area contributed by atoms with Crippen molar-refractivity contribution in [2.24, 2.45) is 4.99 Å². The Labute approximate surface area is 199 Å². The Morgan fingerprint density at radius 2 is 1.97 bits per heavy atom. The SMILES string of the molecule is Cc1c(Cl)cccc1N=C1NC(=O)/C(=C\c2ccc3c(ccn3Cc3cccc(F)c3)c2)S1. The largest absolute Gasteiger partial charge is 0.343 e. The number of amidine groups is 1. The Kier molecular flexibility index (Phi) is 5.79. The highest BCUT2D eigenvalue weighted by atomic mass is 35.5. The van der Waals surface area contributed by atoms with Crippen LogP contribution in [0.4, 0.5) is 10.1 Å². The van der Waals surface area contributed by atoms with Crippen LogP contribution in [0.5, 0.6) is 0 Å². The second-order valence-corrected chi connectivity index (χ2v) is 9.20. The molecule has 1 N–H and O–H groups in total. The van der Waals surface area contributed by atoms with Crippen molar-refractivity contribution in [1.82, 2.24) is 9.88 Å². The molecule has 0 aliphatic carbocycles. The summed E-state index contributed by atoms with van der Waals surface area (Å²) in [7, 11) is 0. The summed E-state index contributed by atoms with van der Waals surface area (Å²) in [5.74, 6) is -0.416. The monoisotopic (exact) mass is 475 g/mol. The highest BCUT2D eigenvalue weighted by molar-refractivity contribution is 8.18. The van der Waals surface area contributed by atoms with Crippen molar-refractivity contribution in [1.29, 1.82) is 0 Å². The maximum Gasteiger partial charge on any atom is 0.264 e. The molecule has 0 bridgehead atoms. The zero-order chi connectivity index (χ0) is 22.9. The summed E-state index contributed by atoms with van der Waals surface area (Å²) < 4.78 is 15.6. The van der Waals surface area contributed by atoms with Crippen LogP contribution in [0.15, 0.2) is 82.8 Å². The van der Waals surface area contributed by atoms with Crippen molar-refractivity contribution in [2.75, 3.05) is 0 Å². The second kappa shape index (κ2) is 8.89. The van der Waals surface area contributed by atoms with Gasteiger partial charge in [0.1, 0.15) is 5.82 Å². The van der Waals surface area contributed by atoms with Crippen molar-refractivity contribution in [3.63, 3.8) is 0 Å². The van der Waals surface area contributed by atoms with E-state index in [9.17, 15) is 9.18 Å². The molecule has 1 aliphatic heterocycles. The maximum atomic E-state index is 13.5. The highest BCUT2D eigenvalue weighted by Gasteiger charge is 2.24. The molecule has 164 valence electrons. The molecule has 3 aromatic carbocycles. The lowest BCUT2D eigenvalue weighted by Crippen LogP contribution is -2.19. The van der Waals surface area contributed by atoms with Gasteiger partial charge in [0, 0.05) is 28.7 Å². The first kappa shape index (κ1) is 21.5. The van der Waals surface area contributed by atoms with Crippen LogP contribution in [-0.2, 0) is 11.3 Å². The van der Waals surface area contributed by atoms with Gasteiger partial charge in [0.2, 0.25) is 0 Å². The van der Waals surface area contributed by atoms with Gasteiger partial charge in [-0.15, -0.1) is 0 Å². The Morgan fingerprint density at radius 3 is 2.82 bits per heavy atom. The van der Waals surface area contributed by atoms with Crippen LogP contribution < -0.4 is 5.32 Å². The Morgan fingerprint density at radius 1 is 1.12 bits per heavy atom. The average Bonchev–Trinajstić information content (AvgIpc) is 3.34. The van der Waals surface area contributed by atoms with Crippen LogP contribution in [-0.4, -0.2) is 15.6 Å². The summed E-state index contributed by atoms with van der Waals surface area (Å²) in [4.78, 5) is 17.6. The molecular formula is C26H19ClFN3OS. The van der Waals surface area contributed by atoms with E-state index in [4.69, 9.17) is 11.6 Å². The molecule has 7 heteroatoms. The summed E-state index contributed by atoms with van der Waals surface area (Å²) in [6, 6.07) is 20.2. The van der Waals surface area contributed by atoms with Crippen molar-refractivity contribution >= 4 is 57.1 Å². The normalized spacial score (nSPS) is 16.2. The van der Waals surface area contributed by atoms with Gasteiger partial charge in [0.25, 0.3) is 5.91 Å². The van der Waals surface area contributed by atoms with Crippen molar-refractivity contribution in [3.8, 4) is 0 Å². The number of hydrogen-bond acceptors (Lipinski definition) is 3. The minimum atomic E-state index is -0.237. The summed E-state index contributed by atoms with van der Waals surface area (Å²) in [6.45, 7) is 2.48. The molecule has 1 saturated heterocycles. The predicted octanol–water partition coefficient (Wildman–Crippen LogP) is 6.68. The zero-order valence-electron chi connectivity index (χ0n) is 17.7. The number of carbonyl (C=O) groups is 1. The number of rotatable bonds is 4. The molecule has 1 amide bonds. The molecule has 1 aromatic heterocycles. The Balaban J connectivity index is 1.38. The number of aliphatic imine (C=N–C) groups is 1. The highest BCUT2D eigenvalue weighted by Crippen LogP contribution is 2.31. The third-order valence-electron chi connectivity index (χ3n) is 5.45. The predicted molar refractivity (Wildman–Crippen MR) is 134 cm³/mol. The number of hydrogen-bond donors (Lipinski definition) is 1. The summed E-state index contributed by atoms with van der Waals surface area (Å²) >= 11 is 7.48. The number of nitrogens with zero attached hydrogens (tertiary/aromatic N) is 2. The van der Waals surface area contributed by atoms with Crippen LogP contribution in [0.1, 0.15) is 16.7 Å². The average molecular weight is 476 g/mol. The first-order valence-electron chi connectivity index (χ1n) is 10.3. The second-order valence-electron chi connectivity index (χ2n) is 7.76. The number of amides is 1. The van der Waals surface area contributed by atoms with Gasteiger partial charge in [0.15, 0.2) is 5.17 Å². The minimum absolute atomic E-state index is 0.179. The van der Waals surface area contributed by atoms with E-state index in [2.05, 4.69) is 14.9 Å². The third-order valence-corrected chi connectivity index (χ3v) is 6.77. The molecule has 0 radical (unpaired) electrons. The topological polar surface area (TPSA) is 46.4 Å². The molecule has 4 aromatic rings. The standard InChI is InChI=1S/C26H19ClFN3OS/c1-16-21(27)6-3-7-22(16)29-26-30-25(32)24(33-26)14-17-8-9-23-19(12-17)10-11-31(23)15-18-4-2-5-20(28)13-18/h2-14H,15H2,1H3,(H,29,30,32)/b24-14+. The number of benzene rings is 3. The van der Waals surface area contributed by atoms with E-state index in [-0.39, 0.29) is 11.7 Å². The molecule has 0 spiro atoms. The lowest BCUT2D eigenvalue weighted by atomic mass is 10.1. The number of thioether (sulfide) groups is 1. The van der Waals surface area contributed by atoms with Crippen molar-refractivity contribution in [3.05, 3.63) is 105 Å². The van der Waals surface area contributed by atoms with Gasteiger partial charge in [-0.1, -0.05) is 35.9 Å². The van der Waals surface area contributed by atoms with Gasteiger partial charge in [-0.05, 0) is 83.9 Å². The van der Waals surface area contributed by atoms with E-state index in [1.54, 1.807) is 12.1 Å². The number of carbonyl (C=O) groups excluding carboxylic acids is 1. The fourth-order valence-corrected chi connectivity index (χ4v) is 4.74. The van der Waals surface area contributed by atoms with Gasteiger partial charge >= 0.3 is 0 Å². The van der Waals surface area contributed by atoms with E-state index < -0.39 is 0 Å². The molecule has 4 nitrogen and oxygen atoms in total. The van der Waals surface area contributed by atoms with Crippen LogP contribution >= 0.6 is 23.4 Å². The van der Waals surface area contributed by atoms with Crippen molar-refractivity contribution < 1.29 is 9.18 Å². The van der Waals surface area contributed by atoms with Crippen LogP contribution in [0.3, 0.4) is 0 Å². The van der Waals surface area contributed by atoms with Crippen LogP contribution in [0.2, 0.25) is 5.02 Å². The number of fused-ring (bicyclic) bond motifs is 1. The zero-order valence-corrected chi connectivity index (χ0v) is 19.3. The molecule has 0 atom stereocenters. The molecule has 5 rings (SSSR count). The smallest absolute Gasteiger partial charge is 0.264 e. The molecule has 0 saturated carbocycles. The van der Waals surface area contributed by atoms with Gasteiger partial charge in [-0.25, -0.2) is 9.38 Å². The van der Waals surface area contributed by atoms with E-state index >= 15 is 0 Å². The van der Waals surface area contributed by atoms with E-state index in [0.29, 0.717) is 21.6 Å². The fraction of sp³-hybridized carbons (Fsp3) is 0.0769. The molecule has 1 aliphatic rings. The molecule has 33 heavy (non-hydrogen) atoms. The van der Waals surface area contributed by atoms with Gasteiger partial charge in [0.05, 0.1) is 10.6 Å². The van der Waals surface area contributed by atoms with Gasteiger partial charge < -0.3 is 9.88 Å². The number of aromatic nitrogens is 1. The maximum absolute atomic E-state index is 13.5. The fourth-order valence-electron chi connectivity index (χ4n) is 3.74. The first-order valence-corrected chi connectivity index (χ1v) is 11.5. The molecule has 1 fully saturated rings. The first-order chi connectivity index (χ1) is 16.0. The minimum Gasteiger partial charge on any atom is -0.343 e. The van der Waals surface area contributed by atoms with E-state index in [1.165, 1.54) is 17.8 Å². The third kappa shape index (κ3) is 4.58. The summed E-state index contributed by atoms with van der Waals surface area (Å²) in [6.07, 6.45) is 3.85. The summed E-state index contributed by atoms with van der Waals surface area (Å²) in [5, 5.41) is 5.03. The number of nitrogens with one attached hydrogen (secondary N) is 1.